The molecule has 5 aromatic heterocycles. The quantitative estimate of drug-likeness (QED) is 0.135. The zero-order chi connectivity index (χ0) is 27.8. The number of fused-ring (bicyclic) bond motifs is 12. The first kappa shape index (κ1) is 25.6. The van der Waals surface area contributed by atoms with Crippen LogP contribution in [0.3, 0.4) is 0 Å². The van der Waals surface area contributed by atoms with E-state index in [0.29, 0.717) is 11.5 Å². The fraction of sp³-hybridized carbons (Fsp3) is 0.0278. The standard InChI is InChI=1S/C36H21N5O.Pt/c1-22-20-40-33-12-6-5-10-28(33)26-15-13-24(18-30(26)35(40)38-22)42-25-14-16-27-29-11-7-17-37-34(29)41-21-32(23-8-3-2-4-9-23)39-36(41)31(27)19-25;/h2-17,20-21H,1H3;/q-2;+2. The number of benzene rings is 4. The number of imidazole rings is 2. The molecule has 0 spiro atoms. The van der Waals surface area contributed by atoms with Gasteiger partial charge in [-0.25, -0.2) is 4.98 Å². The van der Waals surface area contributed by atoms with Crippen LogP contribution in [-0.2, 0) is 21.1 Å². The summed E-state index contributed by atoms with van der Waals surface area (Å²) >= 11 is 0. The average Bonchev–Trinajstić information content (AvgIpc) is 3.67. The Balaban J connectivity index is 0.00000278. The van der Waals surface area contributed by atoms with Gasteiger partial charge >= 0.3 is 21.1 Å². The van der Waals surface area contributed by atoms with Gasteiger partial charge < -0.3 is 13.5 Å². The Morgan fingerprint density at radius 2 is 1.28 bits per heavy atom. The maximum Gasteiger partial charge on any atom is 2.00 e. The van der Waals surface area contributed by atoms with E-state index in [1.807, 2.05) is 60.1 Å². The van der Waals surface area contributed by atoms with Crippen molar-refractivity contribution in [2.45, 2.75) is 6.92 Å². The van der Waals surface area contributed by atoms with E-state index in [-0.39, 0.29) is 21.1 Å². The molecule has 6 nitrogen and oxygen atoms in total. The van der Waals surface area contributed by atoms with Crippen molar-refractivity contribution >= 4 is 54.8 Å². The van der Waals surface area contributed by atoms with Gasteiger partial charge in [-0.05, 0) is 29.8 Å². The zero-order valence-electron chi connectivity index (χ0n) is 22.9. The Morgan fingerprint density at radius 3 is 2.07 bits per heavy atom. The Hall–Kier alpha value is -5.06. The Bertz CT molecular complexity index is 2520. The summed E-state index contributed by atoms with van der Waals surface area (Å²) in [5.41, 5.74) is 6.49. The maximum absolute atomic E-state index is 6.41. The topological polar surface area (TPSA) is 56.7 Å². The minimum absolute atomic E-state index is 0. The van der Waals surface area contributed by atoms with Gasteiger partial charge in [-0.15, -0.1) is 12.1 Å². The summed E-state index contributed by atoms with van der Waals surface area (Å²) in [5, 5.41) is 6.07. The normalized spacial score (nSPS) is 11.7. The molecule has 9 aromatic rings. The van der Waals surface area contributed by atoms with Gasteiger partial charge in [0.05, 0.1) is 17.0 Å². The van der Waals surface area contributed by atoms with E-state index in [9.17, 15) is 0 Å². The first-order valence-corrected chi connectivity index (χ1v) is 13.8. The van der Waals surface area contributed by atoms with Gasteiger partial charge in [-0.1, -0.05) is 100 Å². The van der Waals surface area contributed by atoms with Crippen LogP contribution in [0.15, 0.2) is 110 Å². The monoisotopic (exact) mass is 734 g/mol. The molecule has 0 N–H and O–H groups in total. The molecular formula is C36H21N5OPt. The van der Waals surface area contributed by atoms with Crippen molar-refractivity contribution < 1.29 is 25.8 Å². The molecule has 0 unspecified atom stereocenters. The van der Waals surface area contributed by atoms with Crippen molar-refractivity contribution in [3.8, 4) is 22.8 Å². The van der Waals surface area contributed by atoms with Gasteiger partial charge in [0.2, 0.25) is 0 Å². The third kappa shape index (κ3) is 3.94. The van der Waals surface area contributed by atoms with Gasteiger partial charge in [-0.2, -0.15) is 0 Å². The fourth-order valence-electron chi connectivity index (χ4n) is 6.02. The largest absolute Gasteiger partial charge is 2.00 e. The van der Waals surface area contributed by atoms with Gasteiger partial charge in [0.15, 0.2) is 0 Å². The van der Waals surface area contributed by atoms with Crippen LogP contribution < -0.4 is 4.74 Å². The van der Waals surface area contributed by atoms with Crippen LogP contribution >= 0.6 is 0 Å². The number of hydrogen-bond donors (Lipinski definition) is 0. The second kappa shape index (κ2) is 9.75. The summed E-state index contributed by atoms with van der Waals surface area (Å²) in [5.74, 6) is 1.19. The molecule has 9 rings (SSSR count). The summed E-state index contributed by atoms with van der Waals surface area (Å²) < 4.78 is 10.6. The predicted molar refractivity (Wildman–Crippen MR) is 166 cm³/mol. The summed E-state index contributed by atoms with van der Waals surface area (Å²) in [6, 6.07) is 37.7. The zero-order valence-corrected chi connectivity index (χ0v) is 25.1. The Labute approximate surface area is 260 Å². The van der Waals surface area contributed by atoms with Crippen molar-refractivity contribution in [2.24, 2.45) is 0 Å². The van der Waals surface area contributed by atoms with Gasteiger partial charge in [0.25, 0.3) is 0 Å². The SMILES string of the molecule is Cc1cn2c3ccccc3c3ccc(Oc4[c-]c5c(cc4)c4cccnc4n4cc(-c6ccccc6)nc54)[c-]c3c2n1.[Pt+2]. The number of nitrogens with zero attached hydrogens (tertiary/aromatic N) is 5. The van der Waals surface area contributed by atoms with Crippen molar-refractivity contribution in [1.29, 1.82) is 0 Å². The molecule has 0 atom stereocenters. The molecular weight excluding hydrogens is 714 g/mol. The van der Waals surface area contributed by atoms with E-state index in [2.05, 4.69) is 77.3 Å². The second-order valence-corrected chi connectivity index (χ2v) is 10.5. The first-order chi connectivity index (χ1) is 20.7. The molecule has 0 fully saturated rings. The van der Waals surface area contributed by atoms with Gasteiger partial charge in [-0.3, -0.25) is 9.97 Å². The number of hydrogen-bond acceptors (Lipinski definition) is 4. The third-order valence-corrected chi connectivity index (χ3v) is 7.87. The van der Waals surface area contributed by atoms with Crippen LogP contribution in [0.25, 0.3) is 66.0 Å². The van der Waals surface area contributed by atoms with Crippen LogP contribution in [0.1, 0.15) is 5.69 Å². The van der Waals surface area contributed by atoms with Crippen LogP contribution in [0, 0.1) is 19.1 Å². The molecule has 7 heteroatoms. The number of para-hydroxylation sites is 1. The van der Waals surface area contributed by atoms with Crippen molar-refractivity contribution in [3.05, 3.63) is 127 Å². The van der Waals surface area contributed by atoms with Gasteiger partial charge in [0, 0.05) is 46.9 Å². The van der Waals surface area contributed by atoms with Crippen molar-refractivity contribution in [1.82, 2.24) is 23.8 Å². The molecule has 0 amide bonds. The fourth-order valence-corrected chi connectivity index (χ4v) is 6.02. The Morgan fingerprint density at radius 1 is 0.605 bits per heavy atom. The summed E-state index contributed by atoms with van der Waals surface area (Å²) in [6.07, 6.45) is 5.92. The van der Waals surface area contributed by atoms with Crippen LogP contribution in [0.2, 0.25) is 0 Å². The van der Waals surface area contributed by atoms with E-state index in [1.54, 1.807) is 0 Å². The molecule has 0 aliphatic rings. The molecule has 0 bridgehead atoms. The van der Waals surface area contributed by atoms with E-state index in [1.165, 1.54) is 0 Å². The Kier molecular flexibility index (Phi) is 5.81. The van der Waals surface area contributed by atoms with E-state index >= 15 is 0 Å². The van der Waals surface area contributed by atoms with Crippen LogP contribution in [0.5, 0.6) is 11.5 Å². The minimum Gasteiger partial charge on any atom is -0.497 e. The van der Waals surface area contributed by atoms with Gasteiger partial charge in [0.1, 0.15) is 5.65 Å². The molecule has 0 radical (unpaired) electrons. The summed E-state index contributed by atoms with van der Waals surface area (Å²) in [4.78, 5) is 14.6. The molecule has 0 saturated carbocycles. The van der Waals surface area contributed by atoms with E-state index in [0.717, 1.165) is 71.7 Å². The number of aromatic nitrogens is 5. The number of rotatable bonds is 3. The molecule has 5 heterocycles. The molecule has 206 valence electrons. The summed E-state index contributed by atoms with van der Waals surface area (Å²) in [7, 11) is 0. The first-order valence-electron chi connectivity index (χ1n) is 13.8. The van der Waals surface area contributed by atoms with Crippen LogP contribution in [-0.4, -0.2) is 23.8 Å². The number of pyridine rings is 3. The third-order valence-electron chi connectivity index (χ3n) is 7.87. The molecule has 0 saturated heterocycles. The smallest absolute Gasteiger partial charge is 0.497 e. The molecule has 4 aromatic carbocycles. The molecule has 0 aliphatic heterocycles. The van der Waals surface area contributed by atoms with Crippen LogP contribution in [0.4, 0.5) is 0 Å². The van der Waals surface area contributed by atoms with E-state index in [4.69, 9.17) is 19.7 Å². The number of ether oxygens (including phenoxy) is 1. The molecule has 0 aliphatic carbocycles. The van der Waals surface area contributed by atoms with Crippen molar-refractivity contribution in [2.75, 3.05) is 0 Å². The maximum atomic E-state index is 6.41. The van der Waals surface area contributed by atoms with E-state index < -0.39 is 0 Å². The predicted octanol–water partition coefficient (Wildman–Crippen LogP) is 8.36. The molecule has 43 heavy (non-hydrogen) atoms. The van der Waals surface area contributed by atoms with Crippen molar-refractivity contribution in [3.63, 3.8) is 0 Å². The minimum atomic E-state index is 0. The number of aryl methyl sites for hydroxylation is 1. The summed E-state index contributed by atoms with van der Waals surface area (Å²) in [6.45, 7) is 2.01. The average molecular weight is 735 g/mol. The second-order valence-electron chi connectivity index (χ2n) is 10.5.